The van der Waals surface area contributed by atoms with Crippen LogP contribution in [0, 0.1) is 0 Å². The van der Waals surface area contributed by atoms with Crippen molar-refractivity contribution in [3.8, 4) is 0 Å². The molecule has 0 aliphatic carbocycles. The zero-order valence-corrected chi connectivity index (χ0v) is 10.5. The fourth-order valence-electron chi connectivity index (χ4n) is 1.04. The maximum absolute atomic E-state index is 11.4. The van der Waals surface area contributed by atoms with Crippen LogP contribution in [0.15, 0.2) is 21.1 Å². The Labute approximate surface area is 98.1 Å². The summed E-state index contributed by atoms with van der Waals surface area (Å²) in [6, 6.07) is 3.42. The molecule has 0 unspecified atom stereocenters. The Morgan fingerprint density at radius 1 is 1.36 bits per heavy atom. The van der Waals surface area contributed by atoms with Crippen LogP contribution < -0.4 is 5.32 Å². The average Bonchev–Trinajstić information content (AvgIpc) is 2.19. The normalized spacial score (nSPS) is 9.64. The highest BCUT2D eigenvalue weighted by Gasteiger charge is 2.15. The van der Waals surface area contributed by atoms with Crippen molar-refractivity contribution in [1.29, 1.82) is 0 Å². The molecule has 5 heteroatoms. The number of hydrogen-bond donors (Lipinski definition) is 1. The molecule has 1 aromatic carbocycles. The van der Waals surface area contributed by atoms with Gasteiger partial charge in [-0.1, -0.05) is 15.9 Å². The van der Waals surface area contributed by atoms with Crippen molar-refractivity contribution in [3.05, 3.63) is 32.2 Å². The van der Waals surface area contributed by atoms with Crippen molar-refractivity contribution < 1.29 is 9.59 Å². The van der Waals surface area contributed by atoms with Crippen LogP contribution >= 0.6 is 31.9 Å². The quantitative estimate of drug-likeness (QED) is 0.850. The minimum atomic E-state index is -0.291. The molecule has 1 N–H and O–H groups in total. The molecule has 0 spiro atoms. The van der Waals surface area contributed by atoms with Crippen LogP contribution in [0.5, 0.6) is 0 Å². The van der Waals surface area contributed by atoms with Crippen molar-refractivity contribution in [2.24, 2.45) is 0 Å². The Hall–Kier alpha value is -0.680. The zero-order valence-electron chi connectivity index (χ0n) is 7.30. The third-order valence-electron chi connectivity index (χ3n) is 1.71. The Balaban J connectivity index is 3.44. The summed E-state index contributed by atoms with van der Waals surface area (Å²) in [4.78, 5) is 22.2. The lowest BCUT2D eigenvalue weighted by molar-refractivity contribution is 0.0956. The summed E-state index contributed by atoms with van der Waals surface area (Å²) in [5.74, 6) is -0.291. The second-order valence-corrected chi connectivity index (χ2v) is 4.22. The van der Waals surface area contributed by atoms with Gasteiger partial charge in [0.05, 0.1) is 5.56 Å². The molecule has 0 aliphatic heterocycles. The van der Waals surface area contributed by atoms with Crippen molar-refractivity contribution in [1.82, 2.24) is 5.32 Å². The fraction of sp³-hybridized carbons (Fsp3) is 0.111. The molecule has 0 saturated carbocycles. The summed E-state index contributed by atoms with van der Waals surface area (Å²) in [5, 5.41) is 2.48. The van der Waals surface area contributed by atoms with Gasteiger partial charge < -0.3 is 5.32 Å². The number of carbonyl (C=O) groups excluding carboxylic acids is 2. The van der Waals surface area contributed by atoms with E-state index in [9.17, 15) is 9.59 Å². The Morgan fingerprint density at radius 2 is 1.93 bits per heavy atom. The van der Waals surface area contributed by atoms with E-state index in [0.717, 1.165) is 0 Å². The molecular formula is C9H7Br2NO2. The smallest absolute Gasteiger partial charge is 0.252 e. The van der Waals surface area contributed by atoms with Gasteiger partial charge in [0.1, 0.15) is 0 Å². The number of aldehydes is 1. The Kier molecular flexibility index (Phi) is 3.83. The average molecular weight is 321 g/mol. The van der Waals surface area contributed by atoms with Gasteiger partial charge in [-0.05, 0) is 28.1 Å². The first kappa shape index (κ1) is 11.4. The molecule has 0 aliphatic rings. The summed E-state index contributed by atoms with van der Waals surface area (Å²) < 4.78 is 1.21. The molecule has 14 heavy (non-hydrogen) atoms. The van der Waals surface area contributed by atoms with Gasteiger partial charge in [-0.15, -0.1) is 0 Å². The van der Waals surface area contributed by atoms with Gasteiger partial charge in [-0.2, -0.15) is 0 Å². The number of nitrogens with one attached hydrogen (secondary N) is 1. The topological polar surface area (TPSA) is 46.2 Å². The molecule has 0 atom stereocenters. The highest BCUT2D eigenvalue weighted by molar-refractivity contribution is 9.11. The number of hydrogen-bond acceptors (Lipinski definition) is 2. The second kappa shape index (κ2) is 4.70. The molecule has 3 nitrogen and oxygen atoms in total. The van der Waals surface area contributed by atoms with E-state index in [-0.39, 0.29) is 5.91 Å². The number of benzene rings is 1. The molecule has 0 radical (unpaired) electrons. The number of halogens is 2. The van der Waals surface area contributed by atoms with Crippen molar-refractivity contribution in [2.45, 2.75) is 0 Å². The maximum atomic E-state index is 11.4. The summed E-state index contributed by atoms with van der Waals surface area (Å²) in [7, 11) is 1.52. The minimum Gasteiger partial charge on any atom is -0.355 e. The molecule has 74 valence electrons. The molecule has 0 bridgehead atoms. The molecule has 0 fully saturated rings. The molecule has 1 amide bonds. The van der Waals surface area contributed by atoms with Gasteiger partial charge >= 0.3 is 0 Å². The van der Waals surface area contributed by atoms with Gasteiger partial charge in [-0.25, -0.2) is 0 Å². The van der Waals surface area contributed by atoms with Gasteiger partial charge in [-0.3, -0.25) is 9.59 Å². The SMILES string of the molecule is CNC(=O)c1c(Br)ccc(Br)c1C=O. The van der Waals surface area contributed by atoms with Crippen molar-refractivity contribution in [3.63, 3.8) is 0 Å². The van der Waals surface area contributed by atoms with E-state index in [4.69, 9.17) is 0 Å². The first-order chi connectivity index (χ1) is 6.61. The third kappa shape index (κ3) is 2.04. The first-order valence-corrected chi connectivity index (χ1v) is 5.35. The second-order valence-electron chi connectivity index (χ2n) is 2.51. The molecular weight excluding hydrogens is 314 g/mol. The summed E-state index contributed by atoms with van der Waals surface area (Å²) >= 11 is 6.43. The van der Waals surface area contributed by atoms with Crippen LogP contribution in [-0.4, -0.2) is 19.2 Å². The van der Waals surface area contributed by atoms with Crippen molar-refractivity contribution >= 4 is 44.1 Å². The molecule has 1 aromatic rings. The van der Waals surface area contributed by atoms with Crippen LogP contribution in [0.3, 0.4) is 0 Å². The monoisotopic (exact) mass is 319 g/mol. The summed E-state index contributed by atoms with van der Waals surface area (Å²) in [6.45, 7) is 0. The van der Waals surface area contributed by atoms with E-state index in [0.29, 0.717) is 26.4 Å². The standard InChI is InChI=1S/C9H7Br2NO2/c1-12-9(14)8-5(4-13)6(10)2-3-7(8)11/h2-4H,1H3,(H,12,14). The number of carbonyl (C=O) groups is 2. The van der Waals surface area contributed by atoms with E-state index in [1.54, 1.807) is 12.1 Å². The van der Waals surface area contributed by atoms with E-state index < -0.39 is 0 Å². The Morgan fingerprint density at radius 3 is 2.43 bits per heavy atom. The predicted octanol–water partition coefficient (Wildman–Crippen LogP) is 2.38. The third-order valence-corrected chi connectivity index (χ3v) is 3.07. The summed E-state index contributed by atoms with van der Waals surface area (Å²) in [6.07, 6.45) is 0.652. The first-order valence-electron chi connectivity index (χ1n) is 3.77. The van der Waals surface area contributed by atoms with E-state index in [1.165, 1.54) is 7.05 Å². The largest absolute Gasteiger partial charge is 0.355 e. The van der Waals surface area contributed by atoms with E-state index in [2.05, 4.69) is 37.2 Å². The summed E-state index contributed by atoms with van der Waals surface area (Å²) in [5.41, 5.74) is 0.690. The molecule has 0 saturated heterocycles. The van der Waals surface area contributed by atoms with E-state index >= 15 is 0 Å². The predicted molar refractivity (Wildman–Crippen MR) is 60.6 cm³/mol. The van der Waals surface area contributed by atoms with Crippen LogP contribution in [0.4, 0.5) is 0 Å². The van der Waals surface area contributed by atoms with Crippen LogP contribution in [-0.2, 0) is 0 Å². The molecule has 0 heterocycles. The number of rotatable bonds is 2. The van der Waals surface area contributed by atoms with Gasteiger partial charge in [0.25, 0.3) is 5.91 Å². The minimum absolute atomic E-state index is 0.291. The van der Waals surface area contributed by atoms with Crippen LogP contribution in [0.1, 0.15) is 20.7 Å². The maximum Gasteiger partial charge on any atom is 0.252 e. The zero-order chi connectivity index (χ0) is 10.7. The highest BCUT2D eigenvalue weighted by atomic mass is 79.9. The molecule has 0 aromatic heterocycles. The molecule has 1 rings (SSSR count). The van der Waals surface area contributed by atoms with Gasteiger partial charge in [0.2, 0.25) is 0 Å². The number of amides is 1. The van der Waals surface area contributed by atoms with E-state index in [1.807, 2.05) is 0 Å². The highest BCUT2D eigenvalue weighted by Crippen LogP contribution is 2.26. The lowest BCUT2D eigenvalue weighted by Crippen LogP contribution is -2.20. The lowest BCUT2D eigenvalue weighted by atomic mass is 10.1. The Bertz CT molecular complexity index is 391. The van der Waals surface area contributed by atoms with Crippen LogP contribution in [0.2, 0.25) is 0 Å². The van der Waals surface area contributed by atoms with Crippen LogP contribution in [0.25, 0.3) is 0 Å². The van der Waals surface area contributed by atoms with Gasteiger partial charge in [0.15, 0.2) is 6.29 Å². The lowest BCUT2D eigenvalue weighted by Gasteiger charge is -2.07. The van der Waals surface area contributed by atoms with Gasteiger partial charge in [0, 0.05) is 21.6 Å². The van der Waals surface area contributed by atoms with Crippen molar-refractivity contribution in [2.75, 3.05) is 7.05 Å². The fourth-order valence-corrected chi connectivity index (χ4v) is 1.99.